The third kappa shape index (κ3) is 1.75. The summed E-state index contributed by atoms with van der Waals surface area (Å²) in [6, 6.07) is 0. The molecule has 4 heteroatoms. The Labute approximate surface area is 51.2 Å². The second-order valence-electron chi connectivity index (χ2n) is 1.17. The van der Waals surface area contributed by atoms with Crippen LogP contribution in [0.4, 0.5) is 0 Å². The van der Waals surface area contributed by atoms with Crippen LogP contribution >= 0.6 is 12.4 Å². The molecule has 0 saturated carbocycles. The predicted octanol–water partition coefficient (Wildman–Crippen LogP) is -1.18. The van der Waals surface area contributed by atoms with Crippen LogP contribution in [-0.4, -0.2) is 20.2 Å². The lowest BCUT2D eigenvalue weighted by Gasteiger charge is -1.69. The molecule has 0 saturated heterocycles. The summed E-state index contributed by atoms with van der Waals surface area (Å²) in [6.45, 7) is 0. The molecular formula is C3H7ClN2Si. The van der Waals surface area contributed by atoms with E-state index in [0.29, 0.717) is 0 Å². The number of imidazole rings is 1. The van der Waals surface area contributed by atoms with E-state index in [1.165, 1.54) is 0 Å². The van der Waals surface area contributed by atoms with Gasteiger partial charge < -0.3 is 4.98 Å². The maximum Gasteiger partial charge on any atom is 0.0838 e. The van der Waals surface area contributed by atoms with Gasteiger partial charge in [0.15, 0.2) is 0 Å². The van der Waals surface area contributed by atoms with Gasteiger partial charge in [-0.05, 0) is 0 Å². The van der Waals surface area contributed by atoms with Crippen molar-refractivity contribution >= 4 is 28.1 Å². The molecule has 40 valence electrons. The van der Waals surface area contributed by atoms with Crippen LogP contribution in [0.3, 0.4) is 0 Å². The van der Waals surface area contributed by atoms with Gasteiger partial charge in [-0.1, -0.05) is 0 Å². The van der Waals surface area contributed by atoms with Crippen LogP contribution < -0.4 is 5.45 Å². The number of H-pyrrole nitrogens is 1. The number of nitrogens with zero attached hydrogens (tertiary/aromatic N) is 1. The Bertz CT molecular complexity index is 116. The predicted molar refractivity (Wildman–Crippen MR) is 35.4 cm³/mol. The van der Waals surface area contributed by atoms with Gasteiger partial charge in [0.1, 0.15) is 0 Å². The molecular weight excluding hydrogens is 128 g/mol. The van der Waals surface area contributed by atoms with Gasteiger partial charge in [-0.15, -0.1) is 12.4 Å². The SMILES string of the molecule is Cl.[SiH3]c1ncc[nH]1. The van der Waals surface area contributed by atoms with Gasteiger partial charge in [0, 0.05) is 12.4 Å². The second kappa shape index (κ2) is 2.82. The fraction of sp³-hybridized carbons (Fsp3) is 0. The molecule has 7 heavy (non-hydrogen) atoms. The number of hydrogen-bond donors (Lipinski definition) is 1. The van der Waals surface area contributed by atoms with E-state index in [9.17, 15) is 0 Å². The van der Waals surface area contributed by atoms with Gasteiger partial charge in [-0.2, -0.15) is 0 Å². The van der Waals surface area contributed by atoms with E-state index in [2.05, 4.69) is 9.97 Å². The zero-order chi connectivity index (χ0) is 4.41. The summed E-state index contributed by atoms with van der Waals surface area (Å²) in [7, 11) is 1.03. The molecule has 1 aromatic rings. The van der Waals surface area contributed by atoms with Gasteiger partial charge >= 0.3 is 0 Å². The molecule has 1 N–H and O–H groups in total. The number of halogens is 1. The van der Waals surface area contributed by atoms with Crippen molar-refractivity contribution in [2.45, 2.75) is 0 Å². The van der Waals surface area contributed by atoms with Gasteiger partial charge in [-0.25, -0.2) is 4.98 Å². The Morgan fingerprint density at radius 3 is 2.57 bits per heavy atom. The maximum absolute atomic E-state index is 3.92. The summed E-state index contributed by atoms with van der Waals surface area (Å²) in [5.41, 5.74) is 1.11. The number of hydrogen-bond acceptors (Lipinski definition) is 1. The van der Waals surface area contributed by atoms with Crippen molar-refractivity contribution in [3.63, 3.8) is 0 Å². The lowest BCUT2D eigenvalue weighted by Crippen LogP contribution is -2.04. The molecule has 0 fully saturated rings. The van der Waals surface area contributed by atoms with E-state index in [4.69, 9.17) is 0 Å². The standard InChI is InChI=1S/C3H6N2Si.ClH/c6-3-4-1-2-5-3;/h1-2H,6H3,(H,4,5);1H. The molecule has 0 bridgehead atoms. The molecule has 1 rings (SSSR count). The second-order valence-corrected chi connectivity index (χ2v) is 2.12. The van der Waals surface area contributed by atoms with Crippen LogP contribution in [0.2, 0.25) is 0 Å². The lowest BCUT2D eigenvalue weighted by atomic mass is 11.0. The largest absolute Gasteiger partial charge is 0.354 e. The van der Waals surface area contributed by atoms with E-state index < -0.39 is 0 Å². The van der Waals surface area contributed by atoms with Crippen LogP contribution in [0.15, 0.2) is 12.4 Å². The first-order chi connectivity index (χ1) is 2.89. The molecule has 1 aromatic heterocycles. The smallest absolute Gasteiger partial charge is 0.0838 e. The van der Waals surface area contributed by atoms with Crippen molar-refractivity contribution < 1.29 is 0 Å². The molecule has 0 aliphatic heterocycles. The number of aromatic amines is 1. The van der Waals surface area contributed by atoms with E-state index >= 15 is 0 Å². The van der Waals surface area contributed by atoms with Gasteiger partial charge in [0.05, 0.1) is 15.7 Å². The highest BCUT2D eigenvalue weighted by molar-refractivity contribution is 6.28. The Kier molecular flexibility index (Phi) is 2.71. The van der Waals surface area contributed by atoms with E-state index in [-0.39, 0.29) is 12.4 Å². The normalized spacial score (nSPS) is 8.00. The molecule has 0 spiro atoms. The summed E-state index contributed by atoms with van der Waals surface area (Å²) in [5, 5.41) is 0. The zero-order valence-electron chi connectivity index (χ0n) is 4.01. The van der Waals surface area contributed by atoms with Gasteiger partial charge in [0.25, 0.3) is 0 Å². The summed E-state index contributed by atoms with van der Waals surface area (Å²) in [6.07, 6.45) is 3.60. The van der Waals surface area contributed by atoms with Crippen molar-refractivity contribution in [2.24, 2.45) is 0 Å². The average molecular weight is 135 g/mol. The highest BCUT2D eigenvalue weighted by Gasteiger charge is 1.73. The van der Waals surface area contributed by atoms with Crippen LogP contribution in [0.25, 0.3) is 0 Å². The molecule has 0 aliphatic carbocycles. The molecule has 0 aromatic carbocycles. The monoisotopic (exact) mass is 134 g/mol. The summed E-state index contributed by atoms with van der Waals surface area (Å²) in [4.78, 5) is 6.87. The summed E-state index contributed by atoms with van der Waals surface area (Å²) in [5.74, 6) is 0. The highest BCUT2D eigenvalue weighted by atomic mass is 35.5. The van der Waals surface area contributed by atoms with Crippen molar-refractivity contribution in [1.82, 2.24) is 9.97 Å². The maximum atomic E-state index is 3.92. The van der Waals surface area contributed by atoms with Gasteiger partial charge in [-0.3, -0.25) is 0 Å². The number of aromatic nitrogens is 2. The third-order valence-corrected chi connectivity index (χ3v) is 1.18. The van der Waals surface area contributed by atoms with Gasteiger partial charge in [0.2, 0.25) is 0 Å². The van der Waals surface area contributed by atoms with Crippen LogP contribution in [0, 0.1) is 0 Å². The van der Waals surface area contributed by atoms with E-state index in [1.54, 1.807) is 6.20 Å². The third-order valence-electron chi connectivity index (χ3n) is 0.635. The fourth-order valence-electron chi connectivity index (χ4n) is 0.344. The lowest BCUT2D eigenvalue weighted by molar-refractivity contribution is 1.41. The Morgan fingerprint density at radius 1 is 1.71 bits per heavy atom. The minimum absolute atomic E-state index is 0. The first-order valence-corrected chi connectivity index (χ1v) is 2.85. The molecule has 0 radical (unpaired) electrons. The number of rotatable bonds is 0. The van der Waals surface area contributed by atoms with E-state index in [0.717, 1.165) is 15.7 Å². The molecule has 0 unspecified atom stereocenters. The van der Waals surface area contributed by atoms with Crippen molar-refractivity contribution in [1.29, 1.82) is 0 Å². The first-order valence-electron chi connectivity index (χ1n) is 1.85. The Morgan fingerprint density at radius 2 is 2.43 bits per heavy atom. The highest BCUT2D eigenvalue weighted by Crippen LogP contribution is 1.59. The van der Waals surface area contributed by atoms with Crippen LogP contribution in [-0.2, 0) is 0 Å². The Hall–Kier alpha value is -0.283. The zero-order valence-corrected chi connectivity index (χ0v) is 6.83. The minimum Gasteiger partial charge on any atom is -0.354 e. The van der Waals surface area contributed by atoms with Crippen molar-refractivity contribution in [3.8, 4) is 0 Å². The minimum atomic E-state index is 0. The van der Waals surface area contributed by atoms with Crippen molar-refractivity contribution in [3.05, 3.63) is 12.4 Å². The average Bonchev–Trinajstić information content (AvgIpc) is 1.86. The molecule has 0 amide bonds. The van der Waals surface area contributed by atoms with Crippen LogP contribution in [0.1, 0.15) is 0 Å². The summed E-state index contributed by atoms with van der Waals surface area (Å²) >= 11 is 0. The quantitative estimate of drug-likeness (QED) is 0.445. The molecule has 1 heterocycles. The van der Waals surface area contributed by atoms with E-state index in [1.807, 2.05) is 6.20 Å². The molecule has 0 aliphatic rings. The summed E-state index contributed by atoms with van der Waals surface area (Å²) < 4.78 is 0. The first kappa shape index (κ1) is 6.72. The molecule has 0 atom stereocenters. The van der Waals surface area contributed by atoms with Crippen LogP contribution in [0.5, 0.6) is 0 Å². The van der Waals surface area contributed by atoms with Crippen molar-refractivity contribution in [2.75, 3.05) is 0 Å². The molecule has 2 nitrogen and oxygen atoms in total. The fourth-order valence-corrected chi connectivity index (χ4v) is 0.660. The topological polar surface area (TPSA) is 28.7 Å². The Balaban J connectivity index is 0.000000360. The number of nitrogens with one attached hydrogen (secondary N) is 1.